The molecule has 0 aliphatic carbocycles. The molecule has 24 heavy (non-hydrogen) atoms. The van der Waals surface area contributed by atoms with Crippen LogP contribution in [-0.2, 0) is 9.59 Å². The summed E-state index contributed by atoms with van der Waals surface area (Å²) in [6.07, 6.45) is 0.0453. The lowest BCUT2D eigenvalue weighted by atomic mass is 10.1. The summed E-state index contributed by atoms with van der Waals surface area (Å²) in [5.41, 5.74) is 2.04. The van der Waals surface area contributed by atoms with Crippen molar-refractivity contribution < 1.29 is 9.59 Å². The minimum Gasteiger partial charge on any atom is -0.323 e. The first kappa shape index (κ1) is 14.7. The number of carbonyl (C=O) groups is 2. The fourth-order valence-corrected chi connectivity index (χ4v) is 3.06. The van der Waals surface area contributed by atoms with Gasteiger partial charge in [0.2, 0.25) is 17.8 Å². The summed E-state index contributed by atoms with van der Waals surface area (Å²) in [6, 6.07) is 13.8. The Hall–Kier alpha value is -2.86. The number of halogens is 1. The van der Waals surface area contributed by atoms with Crippen LogP contribution in [0.4, 0.5) is 11.6 Å². The van der Waals surface area contributed by atoms with Gasteiger partial charge in [-0.05, 0) is 24.3 Å². The molecule has 0 saturated carbocycles. The third kappa shape index (κ3) is 2.41. The maximum Gasteiger partial charge on any atom is 0.248 e. The number of rotatable bonds is 2. The number of hydrogen-bond acceptors (Lipinski definition) is 3. The zero-order valence-electron chi connectivity index (χ0n) is 12.5. The van der Waals surface area contributed by atoms with Gasteiger partial charge in [0.1, 0.15) is 6.04 Å². The standard InChI is InChI=1S/C17H13ClN4O2/c18-10-5-1-2-6-11(10)19-16(24)14-9-15(23)21-17-20-12-7-3-4-8-13(12)22(14)17/h1-8,14H,9H2,(H,19,24)(H,20,21,23). The second kappa shape index (κ2) is 5.65. The van der Waals surface area contributed by atoms with Gasteiger partial charge in [-0.1, -0.05) is 35.9 Å². The van der Waals surface area contributed by atoms with E-state index in [1.54, 1.807) is 28.8 Å². The first-order valence-corrected chi connectivity index (χ1v) is 7.83. The van der Waals surface area contributed by atoms with Crippen LogP contribution in [0.25, 0.3) is 11.0 Å². The van der Waals surface area contributed by atoms with E-state index in [4.69, 9.17) is 11.6 Å². The first-order chi connectivity index (χ1) is 11.6. The summed E-state index contributed by atoms with van der Waals surface area (Å²) >= 11 is 6.10. The minimum absolute atomic E-state index is 0.0453. The number of imidazole rings is 1. The van der Waals surface area contributed by atoms with Gasteiger partial charge in [-0.15, -0.1) is 0 Å². The van der Waals surface area contributed by atoms with Gasteiger partial charge in [-0.2, -0.15) is 0 Å². The van der Waals surface area contributed by atoms with Crippen molar-refractivity contribution >= 4 is 46.1 Å². The van der Waals surface area contributed by atoms with E-state index in [-0.39, 0.29) is 18.2 Å². The minimum atomic E-state index is -0.683. The molecule has 2 N–H and O–H groups in total. The lowest BCUT2D eigenvalue weighted by Gasteiger charge is -2.25. The molecule has 0 bridgehead atoms. The summed E-state index contributed by atoms with van der Waals surface area (Å²) in [5, 5.41) is 5.96. The third-order valence-corrected chi connectivity index (χ3v) is 4.30. The molecule has 1 aromatic heterocycles. The molecule has 120 valence electrons. The Morgan fingerprint density at radius 2 is 1.96 bits per heavy atom. The number of carbonyl (C=O) groups excluding carboxylic acids is 2. The molecule has 1 aliphatic rings. The Morgan fingerprint density at radius 1 is 1.21 bits per heavy atom. The van der Waals surface area contributed by atoms with Gasteiger partial charge >= 0.3 is 0 Å². The number of amides is 2. The Morgan fingerprint density at radius 3 is 2.79 bits per heavy atom. The molecule has 0 radical (unpaired) electrons. The molecule has 2 amide bonds. The lowest BCUT2D eigenvalue weighted by molar-refractivity contribution is -0.124. The Bertz CT molecular complexity index is 966. The van der Waals surface area contributed by atoms with E-state index in [2.05, 4.69) is 15.6 Å². The molecule has 3 aromatic rings. The van der Waals surface area contributed by atoms with Crippen LogP contribution >= 0.6 is 11.6 Å². The molecule has 7 heteroatoms. The molecule has 2 heterocycles. The van der Waals surface area contributed by atoms with E-state index < -0.39 is 6.04 Å². The Labute approximate surface area is 142 Å². The van der Waals surface area contributed by atoms with Gasteiger partial charge in [-0.25, -0.2) is 4.98 Å². The number of hydrogen-bond donors (Lipinski definition) is 2. The summed E-state index contributed by atoms with van der Waals surface area (Å²) in [5.74, 6) is -0.161. The molecule has 0 saturated heterocycles. The zero-order chi connectivity index (χ0) is 16.7. The summed E-state index contributed by atoms with van der Waals surface area (Å²) < 4.78 is 1.75. The first-order valence-electron chi connectivity index (χ1n) is 7.46. The molecule has 0 fully saturated rings. The molecule has 1 aliphatic heterocycles. The molecular weight excluding hydrogens is 328 g/mol. The van der Waals surface area contributed by atoms with Crippen LogP contribution in [0, 0.1) is 0 Å². The quantitative estimate of drug-likeness (QED) is 0.752. The maximum atomic E-state index is 12.8. The highest BCUT2D eigenvalue weighted by atomic mass is 35.5. The highest BCUT2D eigenvalue weighted by molar-refractivity contribution is 6.33. The molecule has 4 rings (SSSR count). The molecule has 1 atom stereocenters. The molecule has 0 spiro atoms. The van der Waals surface area contributed by atoms with Crippen LogP contribution in [0.5, 0.6) is 0 Å². The molecule has 2 aromatic carbocycles. The van der Waals surface area contributed by atoms with Crippen molar-refractivity contribution in [1.29, 1.82) is 0 Å². The van der Waals surface area contributed by atoms with Crippen LogP contribution in [0.2, 0.25) is 5.02 Å². The summed E-state index contributed by atoms with van der Waals surface area (Å²) in [7, 11) is 0. The zero-order valence-corrected chi connectivity index (χ0v) is 13.2. The number of benzene rings is 2. The third-order valence-electron chi connectivity index (χ3n) is 3.97. The Balaban J connectivity index is 1.75. The van der Waals surface area contributed by atoms with Gasteiger partial charge < -0.3 is 5.32 Å². The molecule has 6 nitrogen and oxygen atoms in total. The predicted molar refractivity (Wildman–Crippen MR) is 92.1 cm³/mol. The summed E-state index contributed by atoms with van der Waals surface area (Å²) in [4.78, 5) is 29.1. The normalized spacial score (nSPS) is 16.5. The van der Waals surface area contributed by atoms with Crippen molar-refractivity contribution in [1.82, 2.24) is 9.55 Å². The largest absolute Gasteiger partial charge is 0.323 e. The lowest BCUT2D eigenvalue weighted by Crippen LogP contribution is -2.35. The van der Waals surface area contributed by atoms with Gasteiger partial charge in [-0.3, -0.25) is 19.5 Å². The van der Waals surface area contributed by atoms with Crippen LogP contribution in [0.3, 0.4) is 0 Å². The number of nitrogens with one attached hydrogen (secondary N) is 2. The second-order valence-corrected chi connectivity index (χ2v) is 5.94. The number of anilines is 2. The highest BCUT2D eigenvalue weighted by Crippen LogP contribution is 2.31. The monoisotopic (exact) mass is 340 g/mol. The van der Waals surface area contributed by atoms with E-state index in [0.717, 1.165) is 11.0 Å². The van der Waals surface area contributed by atoms with Gasteiger partial charge in [0, 0.05) is 0 Å². The molecule has 1 unspecified atom stereocenters. The van der Waals surface area contributed by atoms with E-state index in [1.807, 2.05) is 24.3 Å². The van der Waals surface area contributed by atoms with Crippen molar-refractivity contribution in [3.05, 3.63) is 53.6 Å². The Kier molecular flexibility index (Phi) is 3.46. The fourth-order valence-electron chi connectivity index (χ4n) is 2.88. The van der Waals surface area contributed by atoms with Crippen LogP contribution in [-0.4, -0.2) is 21.4 Å². The fraction of sp³-hybridized carbons (Fsp3) is 0.118. The van der Waals surface area contributed by atoms with Crippen molar-refractivity contribution in [3.8, 4) is 0 Å². The van der Waals surface area contributed by atoms with E-state index in [1.165, 1.54) is 0 Å². The average Bonchev–Trinajstić information content (AvgIpc) is 2.94. The summed E-state index contributed by atoms with van der Waals surface area (Å²) in [6.45, 7) is 0. The van der Waals surface area contributed by atoms with Crippen molar-refractivity contribution in [2.24, 2.45) is 0 Å². The highest BCUT2D eigenvalue weighted by Gasteiger charge is 2.33. The number of nitrogens with zero attached hydrogens (tertiary/aromatic N) is 2. The smallest absolute Gasteiger partial charge is 0.248 e. The van der Waals surface area contributed by atoms with Gasteiger partial charge in [0.15, 0.2) is 0 Å². The number of aromatic nitrogens is 2. The molecular formula is C17H13ClN4O2. The van der Waals surface area contributed by atoms with E-state index >= 15 is 0 Å². The average molecular weight is 341 g/mol. The second-order valence-electron chi connectivity index (χ2n) is 5.53. The van der Waals surface area contributed by atoms with Crippen molar-refractivity contribution in [2.45, 2.75) is 12.5 Å². The van der Waals surface area contributed by atoms with E-state index in [9.17, 15) is 9.59 Å². The van der Waals surface area contributed by atoms with Crippen molar-refractivity contribution in [2.75, 3.05) is 10.6 Å². The topological polar surface area (TPSA) is 76.0 Å². The predicted octanol–water partition coefficient (Wildman–Crippen LogP) is 3.21. The van der Waals surface area contributed by atoms with E-state index in [0.29, 0.717) is 16.7 Å². The van der Waals surface area contributed by atoms with Crippen LogP contribution in [0.1, 0.15) is 12.5 Å². The van der Waals surface area contributed by atoms with Crippen LogP contribution < -0.4 is 10.6 Å². The van der Waals surface area contributed by atoms with Crippen molar-refractivity contribution in [3.63, 3.8) is 0 Å². The van der Waals surface area contributed by atoms with Gasteiger partial charge in [0.25, 0.3) is 0 Å². The maximum absolute atomic E-state index is 12.8. The van der Waals surface area contributed by atoms with Gasteiger partial charge in [0.05, 0.1) is 28.2 Å². The SMILES string of the molecule is O=C1CC(C(=O)Nc2ccccc2Cl)n2c(nc3ccccc32)N1. The number of para-hydroxylation sites is 3. The van der Waals surface area contributed by atoms with Crippen LogP contribution in [0.15, 0.2) is 48.5 Å². The number of fused-ring (bicyclic) bond motifs is 3.